The van der Waals surface area contributed by atoms with Gasteiger partial charge in [0.05, 0.1) is 6.04 Å². The van der Waals surface area contributed by atoms with Crippen LogP contribution in [0.4, 0.5) is 0 Å². The van der Waals surface area contributed by atoms with Crippen LogP contribution in [0.2, 0.25) is 0 Å². The van der Waals surface area contributed by atoms with Crippen LogP contribution in [-0.4, -0.2) is 63.6 Å². The third kappa shape index (κ3) is 7.18. The van der Waals surface area contributed by atoms with Gasteiger partial charge in [0.25, 0.3) is 0 Å². The molecule has 0 saturated carbocycles. The van der Waals surface area contributed by atoms with E-state index in [2.05, 4.69) is 5.32 Å². The predicted octanol–water partition coefficient (Wildman–Crippen LogP) is 3.43. The Morgan fingerprint density at radius 3 is 2.22 bits per heavy atom. The average Bonchev–Trinajstić information content (AvgIpc) is 2.86. The summed E-state index contributed by atoms with van der Waals surface area (Å²) in [4.78, 5) is 55.4. The minimum Gasteiger partial charge on any atom is -0.508 e. The molecule has 0 fully saturated rings. The fourth-order valence-corrected chi connectivity index (χ4v) is 4.47. The van der Waals surface area contributed by atoms with Crippen molar-refractivity contribution in [1.82, 2.24) is 15.1 Å². The Labute approximate surface area is 214 Å². The van der Waals surface area contributed by atoms with Crippen molar-refractivity contribution in [2.45, 2.75) is 84.8 Å². The van der Waals surface area contributed by atoms with Gasteiger partial charge in [0.2, 0.25) is 17.7 Å². The highest BCUT2D eigenvalue weighted by Gasteiger charge is 2.39. The van der Waals surface area contributed by atoms with E-state index in [1.54, 1.807) is 25.4 Å². The van der Waals surface area contributed by atoms with Crippen molar-refractivity contribution in [3.63, 3.8) is 0 Å². The number of Topliss-reactive ketones (excluding diaryl/α,β-unsaturated/α-hetero) is 1. The van der Waals surface area contributed by atoms with Gasteiger partial charge in [0.1, 0.15) is 17.8 Å². The van der Waals surface area contributed by atoms with Crippen molar-refractivity contribution in [3.05, 3.63) is 42.1 Å². The monoisotopic (exact) mass is 499 g/mol. The van der Waals surface area contributed by atoms with Gasteiger partial charge in [-0.15, -0.1) is 0 Å². The van der Waals surface area contributed by atoms with Gasteiger partial charge >= 0.3 is 0 Å². The second kappa shape index (κ2) is 13.2. The van der Waals surface area contributed by atoms with Crippen molar-refractivity contribution in [3.8, 4) is 5.75 Å². The number of rotatable bonds is 12. The fourth-order valence-electron chi connectivity index (χ4n) is 4.47. The number of nitrogens with zero attached hydrogens (tertiary/aromatic N) is 2. The molecule has 8 nitrogen and oxygen atoms in total. The van der Waals surface area contributed by atoms with E-state index in [0.29, 0.717) is 25.7 Å². The number of hydrogen-bond acceptors (Lipinski definition) is 5. The van der Waals surface area contributed by atoms with Gasteiger partial charge < -0.3 is 20.2 Å². The van der Waals surface area contributed by atoms with Gasteiger partial charge in [-0.05, 0) is 42.9 Å². The Morgan fingerprint density at radius 2 is 1.69 bits per heavy atom. The minimum atomic E-state index is -0.914. The highest BCUT2D eigenvalue weighted by Crippen LogP contribution is 2.24. The summed E-state index contributed by atoms with van der Waals surface area (Å²) >= 11 is 0. The molecule has 3 amide bonds. The molecule has 0 aromatic heterocycles. The number of likely N-dealkylation sites (N-methyl/N-ethyl adjacent to an activating group) is 1. The van der Waals surface area contributed by atoms with Crippen molar-refractivity contribution in [2.75, 3.05) is 7.05 Å². The summed E-state index contributed by atoms with van der Waals surface area (Å²) in [5.74, 6) is -1.10. The number of hydrogen-bond donors (Lipinski definition) is 2. The summed E-state index contributed by atoms with van der Waals surface area (Å²) < 4.78 is 0. The van der Waals surface area contributed by atoms with Crippen LogP contribution in [0.15, 0.2) is 36.5 Å². The van der Waals surface area contributed by atoms with Gasteiger partial charge in [0.15, 0.2) is 5.78 Å². The molecule has 1 aliphatic heterocycles. The van der Waals surface area contributed by atoms with Crippen molar-refractivity contribution >= 4 is 23.5 Å². The van der Waals surface area contributed by atoms with Gasteiger partial charge in [-0.2, -0.15) is 0 Å². The fraction of sp³-hybridized carbons (Fsp3) is 0.571. The van der Waals surface area contributed by atoms with Crippen molar-refractivity contribution in [1.29, 1.82) is 0 Å². The Morgan fingerprint density at radius 1 is 1.08 bits per heavy atom. The number of benzene rings is 1. The standard InChI is InChI=1S/C28H41N3O5/c1-7-18(3)25(20(5)32)29-27(35)23(17-21-12-14-22(33)15-13-21)30(6)28(36)26(19(4)8-2)31-16-10-9-11-24(31)34/h10,12-16,18-19,23,25-26,33H,7-9,11,17H2,1-6H3,(H,29,35)/t18-,19-,23?,25-,26-/m0/s1. The first-order valence-electron chi connectivity index (χ1n) is 12.8. The highest BCUT2D eigenvalue weighted by molar-refractivity contribution is 5.94. The SMILES string of the molecule is CC[C@H](C)[C@H](NC(=O)C(Cc1ccc(O)cc1)N(C)C(=O)[C@H]([C@@H](C)CC)N1C=CCCC1=O)C(C)=O. The average molecular weight is 500 g/mol. The van der Waals surface area contributed by atoms with Crippen LogP contribution in [0.1, 0.15) is 65.9 Å². The lowest BCUT2D eigenvalue weighted by molar-refractivity contribution is -0.149. The summed E-state index contributed by atoms with van der Waals surface area (Å²) in [6.45, 7) is 9.21. The first kappa shape index (κ1) is 29.1. The Balaban J connectivity index is 2.43. The first-order chi connectivity index (χ1) is 17.0. The second-order valence-corrected chi connectivity index (χ2v) is 9.87. The molecule has 8 heteroatoms. The quantitative estimate of drug-likeness (QED) is 0.458. The largest absolute Gasteiger partial charge is 0.508 e. The van der Waals surface area contributed by atoms with E-state index in [-0.39, 0.29) is 41.6 Å². The molecule has 0 bridgehead atoms. The number of ketones is 1. The molecule has 2 N–H and O–H groups in total. The molecule has 1 heterocycles. The van der Waals surface area contributed by atoms with E-state index in [9.17, 15) is 24.3 Å². The van der Waals surface area contributed by atoms with Crippen LogP contribution in [0, 0.1) is 11.8 Å². The van der Waals surface area contributed by atoms with Crippen LogP contribution >= 0.6 is 0 Å². The first-order valence-corrected chi connectivity index (χ1v) is 12.8. The van der Waals surface area contributed by atoms with E-state index in [1.807, 2.05) is 33.8 Å². The van der Waals surface area contributed by atoms with Crippen LogP contribution in [0.5, 0.6) is 5.75 Å². The molecule has 0 aliphatic carbocycles. The molecule has 0 radical (unpaired) electrons. The summed E-state index contributed by atoms with van der Waals surface area (Å²) in [7, 11) is 1.58. The molecule has 0 saturated heterocycles. The number of amides is 3. The number of allylic oxidation sites excluding steroid dienone is 1. The summed E-state index contributed by atoms with van der Waals surface area (Å²) in [6.07, 6.45) is 6.12. The van der Waals surface area contributed by atoms with Gasteiger partial charge in [-0.25, -0.2) is 0 Å². The van der Waals surface area contributed by atoms with Gasteiger partial charge in [-0.3, -0.25) is 19.2 Å². The summed E-state index contributed by atoms with van der Waals surface area (Å²) in [6, 6.07) is 4.15. The minimum absolute atomic E-state index is 0.0641. The summed E-state index contributed by atoms with van der Waals surface area (Å²) in [5, 5.41) is 12.5. The van der Waals surface area contributed by atoms with E-state index < -0.39 is 24.0 Å². The molecule has 1 aromatic carbocycles. The zero-order valence-corrected chi connectivity index (χ0v) is 22.4. The number of carbonyl (C=O) groups is 4. The number of phenolic OH excluding ortho intramolecular Hbond substituents is 1. The Bertz CT molecular complexity index is 958. The van der Waals surface area contributed by atoms with Crippen molar-refractivity contribution < 1.29 is 24.3 Å². The van der Waals surface area contributed by atoms with Crippen LogP contribution in [-0.2, 0) is 25.6 Å². The topological polar surface area (TPSA) is 107 Å². The maximum atomic E-state index is 13.9. The molecule has 1 aliphatic rings. The van der Waals surface area contributed by atoms with E-state index in [4.69, 9.17) is 0 Å². The van der Waals surface area contributed by atoms with Crippen LogP contribution in [0.25, 0.3) is 0 Å². The Hall–Kier alpha value is -3.16. The molecule has 0 spiro atoms. The van der Waals surface area contributed by atoms with E-state index >= 15 is 0 Å². The molecule has 198 valence electrons. The van der Waals surface area contributed by atoms with Gasteiger partial charge in [-0.1, -0.05) is 58.7 Å². The van der Waals surface area contributed by atoms with Crippen LogP contribution in [0.3, 0.4) is 0 Å². The second-order valence-electron chi connectivity index (χ2n) is 9.87. The molecule has 1 aromatic rings. The zero-order valence-electron chi connectivity index (χ0n) is 22.4. The molecular formula is C28H41N3O5. The highest BCUT2D eigenvalue weighted by atomic mass is 16.3. The molecule has 1 unspecified atom stereocenters. The van der Waals surface area contributed by atoms with Crippen molar-refractivity contribution in [2.24, 2.45) is 11.8 Å². The smallest absolute Gasteiger partial charge is 0.246 e. The normalized spacial score (nSPS) is 17.6. The number of phenols is 1. The van der Waals surface area contributed by atoms with Crippen LogP contribution < -0.4 is 5.32 Å². The maximum Gasteiger partial charge on any atom is 0.246 e. The lowest BCUT2D eigenvalue weighted by Gasteiger charge is -2.38. The number of nitrogens with one attached hydrogen (secondary N) is 1. The number of aromatic hydroxyl groups is 1. The third-order valence-corrected chi connectivity index (χ3v) is 7.25. The third-order valence-electron chi connectivity index (χ3n) is 7.25. The van der Waals surface area contributed by atoms with Gasteiger partial charge in [0, 0.05) is 26.1 Å². The summed E-state index contributed by atoms with van der Waals surface area (Å²) in [5.41, 5.74) is 0.754. The molecule has 5 atom stereocenters. The maximum absolute atomic E-state index is 13.9. The van der Waals surface area contributed by atoms with E-state index in [1.165, 1.54) is 28.9 Å². The lowest BCUT2D eigenvalue weighted by atomic mass is 9.93. The Kier molecular flexibility index (Phi) is 10.7. The zero-order chi connectivity index (χ0) is 27.0. The predicted molar refractivity (Wildman–Crippen MR) is 139 cm³/mol. The van der Waals surface area contributed by atoms with E-state index in [0.717, 1.165) is 5.56 Å². The molecule has 2 rings (SSSR count). The molecule has 36 heavy (non-hydrogen) atoms. The molecular weight excluding hydrogens is 458 g/mol. The lowest BCUT2D eigenvalue weighted by Crippen LogP contribution is -2.58. The number of carbonyl (C=O) groups excluding carboxylic acids is 4.